The van der Waals surface area contributed by atoms with E-state index >= 15 is 0 Å². The summed E-state index contributed by atoms with van der Waals surface area (Å²) in [6, 6.07) is 6.46. The minimum atomic E-state index is -0.491. The summed E-state index contributed by atoms with van der Waals surface area (Å²) in [7, 11) is 0. The third-order valence-electron chi connectivity index (χ3n) is 2.90. The van der Waals surface area contributed by atoms with Gasteiger partial charge in [-0.15, -0.1) is 11.3 Å². The van der Waals surface area contributed by atoms with Crippen LogP contribution in [-0.4, -0.2) is 15.9 Å². The number of carbonyl (C=O) groups excluding carboxylic acids is 1. The van der Waals surface area contributed by atoms with Crippen molar-refractivity contribution in [1.82, 2.24) is 9.97 Å². The molecule has 0 radical (unpaired) electrons. The minimum Gasteiger partial charge on any atom is -0.453 e. The molecule has 0 bridgehead atoms. The maximum atomic E-state index is 12.0. The highest BCUT2D eigenvalue weighted by Gasteiger charge is 2.14. The van der Waals surface area contributed by atoms with E-state index in [9.17, 15) is 9.59 Å². The molecule has 0 aliphatic carbocycles. The smallest absolute Gasteiger partial charge is 0.348 e. The second-order valence-electron chi connectivity index (χ2n) is 4.48. The Kier molecular flexibility index (Phi) is 4.86. The first-order valence-electron chi connectivity index (χ1n) is 6.24. The van der Waals surface area contributed by atoms with Crippen molar-refractivity contribution in [3.8, 4) is 0 Å². The number of benzene rings is 1. The molecule has 2 aromatic heterocycles. The predicted octanol–water partition coefficient (Wildman–Crippen LogP) is 4.52. The molecule has 3 aromatic rings. The zero-order valence-electron chi connectivity index (χ0n) is 11.2. The van der Waals surface area contributed by atoms with Crippen molar-refractivity contribution in [3.63, 3.8) is 0 Å². The Morgan fingerprint density at radius 2 is 2.13 bits per heavy atom. The molecule has 5 nitrogen and oxygen atoms in total. The van der Waals surface area contributed by atoms with Gasteiger partial charge in [-0.25, -0.2) is 9.78 Å². The topological polar surface area (TPSA) is 72.0 Å². The molecule has 1 aromatic carbocycles. The highest BCUT2D eigenvalue weighted by molar-refractivity contribution is 9.13. The SMILES string of the molecule is O=C(OCc1nc2cc(Cl)ccc2c(=O)[nH]1)c1cc(Br)c(Br)s1. The van der Waals surface area contributed by atoms with Gasteiger partial charge in [0.25, 0.3) is 5.56 Å². The Morgan fingerprint density at radius 3 is 2.83 bits per heavy atom. The molecule has 0 unspecified atom stereocenters. The van der Waals surface area contributed by atoms with E-state index in [1.54, 1.807) is 24.3 Å². The number of hydrogen-bond donors (Lipinski definition) is 1. The summed E-state index contributed by atoms with van der Waals surface area (Å²) < 4.78 is 6.76. The lowest BCUT2D eigenvalue weighted by Gasteiger charge is -2.04. The molecule has 0 aliphatic heterocycles. The Hall–Kier alpha value is -1.22. The first-order valence-corrected chi connectivity index (χ1v) is 9.02. The van der Waals surface area contributed by atoms with Gasteiger partial charge in [0, 0.05) is 9.50 Å². The molecule has 0 saturated heterocycles. The Morgan fingerprint density at radius 1 is 1.35 bits per heavy atom. The predicted molar refractivity (Wildman–Crippen MR) is 96.2 cm³/mol. The van der Waals surface area contributed by atoms with E-state index in [1.807, 2.05) is 0 Å². The monoisotopic (exact) mass is 476 g/mol. The van der Waals surface area contributed by atoms with Crippen molar-refractivity contribution in [2.75, 3.05) is 0 Å². The van der Waals surface area contributed by atoms with Gasteiger partial charge in [-0.1, -0.05) is 11.6 Å². The van der Waals surface area contributed by atoms with Crippen molar-refractivity contribution in [1.29, 1.82) is 0 Å². The number of nitrogens with one attached hydrogen (secondary N) is 1. The molecule has 0 aliphatic rings. The molecule has 0 fully saturated rings. The van der Waals surface area contributed by atoms with E-state index in [2.05, 4.69) is 41.8 Å². The number of aromatic nitrogens is 2. The maximum absolute atomic E-state index is 12.0. The molecule has 0 saturated carbocycles. The minimum absolute atomic E-state index is 0.135. The van der Waals surface area contributed by atoms with E-state index in [-0.39, 0.29) is 18.0 Å². The summed E-state index contributed by atoms with van der Waals surface area (Å²) in [5.41, 5.74) is 0.147. The number of esters is 1. The van der Waals surface area contributed by atoms with Gasteiger partial charge in [-0.3, -0.25) is 4.79 Å². The van der Waals surface area contributed by atoms with Gasteiger partial charge in [-0.05, 0) is 56.1 Å². The van der Waals surface area contributed by atoms with Crippen molar-refractivity contribution in [2.45, 2.75) is 6.61 Å². The number of ether oxygens (including phenoxy) is 1. The van der Waals surface area contributed by atoms with E-state index in [4.69, 9.17) is 16.3 Å². The molecule has 2 heterocycles. The largest absolute Gasteiger partial charge is 0.453 e. The van der Waals surface area contributed by atoms with Crippen LogP contribution in [0, 0.1) is 0 Å². The third-order valence-corrected chi connectivity index (χ3v) is 6.38. The number of H-pyrrole nitrogens is 1. The molecular formula is C14H7Br2ClN2O3S. The molecule has 0 spiro atoms. The maximum Gasteiger partial charge on any atom is 0.348 e. The van der Waals surface area contributed by atoms with Crippen LogP contribution in [0.5, 0.6) is 0 Å². The van der Waals surface area contributed by atoms with Gasteiger partial charge in [0.05, 0.1) is 14.7 Å². The number of rotatable bonds is 3. The number of thiophene rings is 1. The van der Waals surface area contributed by atoms with E-state index < -0.39 is 5.97 Å². The molecule has 1 N–H and O–H groups in total. The number of aromatic amines is 1. The summed E-state index contributed by atoms with van der Waals surface area (Å²) >= 11 is 13.8. The molecule has 3 rings (SSSR count). The number of fused-ring (bicyclic) bond motifs is 1. The summed E-state index contributed by atoms with van der Waals surface area (Å²) in [6.07, 6.45) is 0. The van der Waals surface area contributed by atoms with E-state index in [0.717, 1.165) is 8.26 Å². The van der Waals surface area contributed by atoms with Gasteiger partial charge in [0.2, 0.25) is 0 Å². The van der Waals surface area contributed by atoms with Crippen molar-refractivity contribution in [3.05, 3.63) is 58.6 Å². The molecule has 0 amide bonds. The zero-order valence-corrected chi connectivity index (χ0v) is 16.0. The average Bonchev–Trinajstić information content (AvgIpc) is 2.84. The number of carbonyl (C=O) groups is 1. The van der Waals surface area contributed by atoms with Gasteiger partial charge >= 0.3 is 5.97 Å². The number of hydrogen-bond acceptors (Lipinski definition) is 5. The van der Waals surface area contributed by atoms with Crippen molar-refractivity contribution >= 4 is 71.7 Å². The lowest BCUT2D eigenvalue weighted by Crippen LogP contribution is -2.14. The standard InChI is InChI=1S/C14H7Br2ClN2O3S/c15-8-4-10(23-12(8)16)14(21)22-5-11-18-9-3-6(17)1-2-7(9)13(20)19-11/h1-4H,5H2,(H,18,19,20). The summed E-state index contributed by atoms with van der Waals surface area (Å²) in [5, 5.41) is 0.905. The van der Waals surface area contributed by atoms with Crippen LogP contribution in [0.4, 0.5) is 0 Å². The molecular weight excluding hydrogens is 471 g/mol. The van der Waals surface area contributed by atoms with Gasteiger partial charge < -0.3 is 9.72 Å². The second kappa shape index (κ2) is 6.72. The number of halogens is 3. The van der Waals surface area contributed by atoms with Crippen molar-refractivity contribution in [2.24, 2.45) is 0 Å². The Labute approximate surface area is 155 Å². The third kappa shape index (κ3) is 3.65. The Balaban J connectivity index is 1.81. The zero-order chi connectivity index (χ0) is 16.6. The fraction of sp³-hybridized carbons (Fsp3) is 0.0714. The van der Waals surface area contributed by atoms with Gasteiger partial charge in [0.15, 0.2) is 0 Å². The molecule has 118 valence electrons. The first-order chi connectivity index (χ1) is 10.9. The van der Waals surface area contributed by atoms with Crippen LogP contribution in [0.1, 0.15) is 15.5 Å². The quantitative estimate of drug-likeness (QED) is 0.562. The molecule has 9 heteroatoms. The fourth-order valence-corrected chi connectivity index (χ4v) is 3.98. The van der Waals surface area contributed by atoms with Crippen LogP contribution < -0.4 is 5.56 Å². The van der Waals surface area contributed by atoms with E-state index in [0.29, 0.717) is 20.8 Å². The van der Waals surface area contributed by atoms with Crippen LogP contribution in [0.25, 0.3) is 10.9 Å². The summed E-state index contributed by atoms with van der Waals surface area (Å²) in [4.78, 5) is 31.3. The molecule has 0 atom stereocenters. The van der Waals surface area contributed by atoms with Crippen LogP contribution in [0.3, 0.4) is 0 Å². The highest BCUT2D eigenvalue weighted by Crippen LogP contribution is 2.32. The summed E-state index contributed by atoms with van der Waals surface area (Å²) in [5.74, 6) is -0.233. The first kappa shape index (κ1) is 16.6. The van der Waals surface area contributed by atoms with Crippen LogP contribution in [-0.2, 0) is 11.3 Å². The number of nitrogens with zero attached hydrogens (tertiary/aromatic N) is 1. The van der Waals surface area contributed by atoms with Crippen LogP contribution in [0.15, 0.2) is 37.3 Å². The normalized spacial score (nSPS) is 10.9. The lowest BCUT2D eigenvalue weighted by molar-refractivity contribution is 0.0468. The highest BCUT2D eigenvalue weighted by atomic mass is 79.9. The average molecular weight is 479 g/mol. The van der Waals surface area contributed by atoms with E-state index in [1.165, 1.54) is 11.3 Å². The Bertz CT molecular complexity index is 951. The van der Waals surface area contributed by atoms with Gasteiger partial charge in [0.1, 0.15) is 17.3 Å². The van der Waals surface area contributed by atoms with Crippen LogP contribution in [0.2, 0.25) is 5.02 Å². The van der Waals surface area contributed by atoms with Gasteiger partial charge in [-0.2, -0.15) is 0 Å². The lowest BCUT2D eigenvalue weighted by atomic mass is 10.2. The van der Waals surface area contributed by atoms with Crippen molar-refractivity contribution < 1.29 is 9.53 Å². The molecule has 23 heavy (non-hydrogen) atoms. The summed E-state index contributed by atoms with van der Waals surface area (Å²) in [6.45, 7) is -0.135. The second-order valence-corrected chi connectivity index (χ2v) is 8.14. The fourth-order valence-electron chi connectivity index (χ4n) is 1.88. The van der Waals surface area contributed by atoms with Crippen LogP contribution >= 0.6 is 54.8 Å².